The summed E-state index contributed by atoms with van der Waals surface area (Å²) in [6.07, 6.45) is 2.22. The maximum Gasteiger partial charge on any atom is 0.178 e. The number of unbranched alkanes of at least 4 members (excludes halogenated alkanes) is 1. The highest BCUT2D eigenvalue weighted by Gasteiger charge is 2.17. The highest BCUT2D eigenvalue weighted by molar-refractivity contribution is 5.99. The number of benzene rings is 1. The summed E-state index contributed by atoms with van der Waals surface area (Å²) in [5.74, 6) is -0.130. The van der Waals surface area contributed by atoms with Gasteiger partial charge in [0, 0.05) is 22.6 Å². The minimum absolute atomic E-state index is 0.130. The summed E-state index contributed by atoms with van der Waals surface area (Å²) in [5, 5.41) is 0. The van der Waals surface area contributed by atoms with Gasteiger partial charge in [-0.15, -0.1) is 0 Å². The summed E-state index contributed by atoms with van der Waals surface area (Å²) in [6, 6.07) is 8.27. The Bertz CT molecular complexity index is 673. The number of halogens is 1. The van der Waals surface area contributed by atoms with Gasteiger partial charge in [0.05, 0.1) is 6.54 Å². The van der Waals surface area contributed by atoms with Crippen molar-refractivity contribution in [3.63, 3.8) is 0 Å². The Morgan fingerprint density at radius 3 is 2.48 bits per heavy atom. The predicted octanol–water partition coefficient (Wildman–Crippen LogP) is 4.15. The van der Waals surface area contributed by atoms with Gasteiger partial charge in [-0.2, -0.15) is 0 Å². The third-order valence-electron chi connectivity index (χ3n) is 4.12. The van der Waals surface area contributed by atoms with Crippen LogP contribution in [0, 0.1) is 19.7 Å². The molecule has 0 atom stereocenters. The van der Waals surface area contributed by atoms with Crippen LogP contribution in [-0.2, 0) is 0 Å². The molecule has 1 heterocycles. The fourth-order valence-electron chi connectivity index (χ4n) is 2.87. The van der Waals surface area contributed by atoms with Crippen molar-refractivity contribution in [2.24, 2.45) is 0 Å². The summed E-state index contributed by atoms with van der Waals surface area (Å²) in [4.78, 5) is 14.6. The fraction of sp³-hybridized carbons (Fsp3) is 0.421. The molecule has 0 saturated carbocycles. The van der Waals surface area contributed by atoms with Crippen LogP contribution in [0.15, 0.2) is 30.3 Å². The van der Waals surface area contributed by atoms with Gasteiger partial charge in [0.1, 0.15) is 5.82 Å². The highest BCUT2D eigenvalue weighted by Crippen LogP contribution is 2.21. The minimum Gasteiger partial charge on any atom is -0.318 e. The van der Waals surface area contributed by atoms with Crippen LogP contribution < -0.4 is 0 Å². The largest absolute Gasteiger partial charge is 0.318 e. The molecule has 0 N–H and O–H groups in total. The monoisotopic (exact) mass is 316 g/mol. The lowest BCUT2D eigenvalue weighted by atomic mass is 10.1. The molecule has 2 rings (SSSR count). The average Bonchev–Trinajstić information content (AvgIpc) is 2.81. The number of carbonyl (C=O) groups is 1. The van der Waals surface area contributed by atoms with Gasteiger partial charge in [0.2, 0.25) is 0 Å². The second-order valence-electron chi connectivity index (χ2n) is 6.11. The van der Waals surface area contributed by atoms with Crippen molar-refractivity contribution in [1.82, 2.24) is 9.47 Å². The summed E-state index contributed by atoms with van der Waals surface area (Å²) >= 11 is 0. The molecule has 0 saturated heterocycles. The lowest BCUT2D eigenvalue weighted by Crippen LogP contribution is -2.27. The predicted molar refractivity (Wildman–Crippen MR) is 91.9 cm³/mol. The molecule has 0 aliphatic heterocycles. The molecule has 1 aromatic heterocycles. The Kier molecular flexibility index (Phi) is 5.72. The first kappa shape index (κ1) is 17.4. The summed E-state index contributed by atoms with van der Waals surface area (Å²) in [7, 11) is 1.98. The van der Waals surface area contributed by atoms with E-state index in [1.54, 1.807) is 12.1 Å². The first-order valence-corrected chi connectivity index (χ1v) is 8.10. The second-order valence-corrected chi connectivity index (χ2v) is 6.11. The Balaban J connectivity index is 2.23. The van der Waals surface area contributed by atoms with Gasteiger partial charge in [-0.3, -0.25) is 9.69 Å². The van der Waals surface area contributed by atoms with Gasteiger partial charge in [-0.05, 0) is 64.2 Å². The molecule has 0 bridgehead atoms. The molecule has 0 amide bonds. The van der Waals surface area contributed by atoms with Gasteiger partial charge in [-0.1, -0.05) is 13.3 Å². The van der Waals surface area contributed by atoms with Crippen molar-refractivity contribution >= 4 is 5.78 Å². The van der Waals surface area contributed by atoms with Crippen LogP contribution in [0.3, 0.4) is 0 Å². The molecule has 0 spiro atoms. The Hall–Kier alpha value is -1.94. The smallest absolute Gasteiger partial charge is 0.178 e. The molecule has 1 aromatic carbocycles. The van der Waals surface area contributed by atoms with Crippen LogP contribution in [0.25, 0.3) is 5.69 Å². The van der Waals surface area contributed by atoms with E-state index < -0.39 is 0 Å². The Morgan fingerprint density at radius 2 is 1.87 bits per heavy atom. The van der Waals surface area contributed by atoms with Crippen molar-refractivity contribution in [2.45, 2.75) is 33.6 Å². The number of hydrogen-bond acceptors (Lipinski definition) is 2. The summed E-state index contributed by atoms with van der Waals surface area (Å²) in [6.45, 7) is 7.40. The molecule has 4 heteroatoms. The van der Waals surface area contributed by atoms with E-state index in [-0.39, 0.29) is 11.6 Å². The third-order valence-corrected chi connectivity index (χ3v) is 4.12. The number of hydrogen-bond donors (Lipinski definition) is 0. The van der Waals surface area contributed by atoms with E-state index in [1.807, 2.05) is 31.5 Å². The highest BCUT2D eigenvalue weighted by atomic mass is 19.1. The normalized spacial score (nSPS) is 11.2. The maximum absolute atomic E-state index is 13.1. The van der Waals surface area contributed by atoms with Crippen LogP contribution in [0.2, 0.25) is 0 Å². The molecule has 0 radical (unpaired) electrons. The van der Waals surface area contributed by atoms with Crippen molar-refractivity contribution in [2.75, 3.05) is 20.1 Å². The quantitative estimate of drug-likeness (QED) is 0.717. The van der Waals surface area contributed by atoms with Gasteiger partial charge >= 0.3 is 0 Å². The van der Waals surface area contributed by atoms with Crippen LogP contribution in [0.1, 0.15) is 41.5 Å². The summed E-state index contributed by atoms with van der Waals surface area (Å²) < 4.78 is 15.1. The van der Waals surface area contributed by atoms with E-state index in [9.17, 15) is 9.18 Å². The lowest BCUT2D eigenvalue weighted by Gasteiger charge is -2.15. The zero-order valence-corrected chi connectivity index (χ0v) is 14.4. The Morgan fingerprint density at radius 1 is 1.22 bits per heavy atom. The molecular weight excluding hydrogens is 291 g/mol. The summed E-state index contributed by atoms with van der Waals surface area (Å²) in [5.41, 5.74) is 3.51. The minimum atomic E-state index is -0.259. The lowest BCUT2D eigenvalue weighted by molar-refractivity contribution is 0.0945. The van der Waals surface area contributed by atoms with Crippen molar-refractivity contribution in [3.8, 4) is 5.69 Å². The molecule has 3 nitrogen and oxygen atoms in total. The second kappa shape index (κ2) is 7.55. The van der Waals surface area contributed by atoms with Gasteiger partial charge in [0.25, 0.3) is 0 Å². The van der Waals surface area contributed by atoms with E-state index in [0.717, 1.165) is 42.0 Å². The maximum atomic E-state index is 13.1. The molecule has 124 valence electrons. The zero-order valence-electron chi connectivity index (χ0n) is 14.4. The van der Waals surface area contributed by atoms with Crippen LogP contribution >= 0.6 is 0 Å². The number of nitrogens with zero attached hydrogens (tertiary/aromatic N) is 2. The topological polar surface area (TPSA) is 25.2 Å². The number of Topliss-reactive ketones (excluding diaryl/α,β-unsaturated/α-hetero) is 1. The van der Waals surface area contributed by atoms with Crippen molar-refractivity contribution in [1.29, 1.82) is 0 Å². The first-order chi connectivity index (χ1) is 10.9. The number of aryl methyl sites for hydroxylation is 1. The standard InChI is InChI=1S/C19H25FN2O/c1-5-6-11-21(4)13-19(23)18-12-14(2)22(15(18)3)17-9-7-16(20)8-10-17/h7-10,12H,5-6,11,13H2,1-4H3. The molecule has 23 heavy (non-hydrogen) atoms. The van der Waals surface area contributed by atoms with E-state index >= 15 is 0 Å². The van der Waals surface area contributed by atoms with E-state index in [1.165, 1.54) is 12.1 Å². The number of likely N-dealkylation sites (N-methyl/N-ethyl adjacent to an activating group) is 1. The van der Waals surface area contributed by atoms with Crippen LogP contribution in [-0.4, -0.2) is 35.4 Å². The molecule has 0 aliphatic rings. The zero-order chi connectivity index (χ0) is 17.0. The average molecular weight is 316 g/mol. The molecule has 2 aromatic rings. The van der Waals surface area contributed by atoms with E-state index in [0.29, 0.717) is 6.54 Å². The van der Waals surface area contributed by atoms with Crippen LogP contribution in [0.5, 0.6) is 0 Å². The van der Waals surface area contributed by atoms with E-state index in [2.05, 4.69) is 11.8 Å². The molecular formula is C19H25FN2O. The van der Waals surface area contributed by atoms with Crippen LogP contribution in [0.4, 0.5) is 4.39 Å². The van der Waals surface area contributed by atoms with E-state index in [4.69, 9.17) is 0 Å². The first-order valence-electron chi connectivity index (χ1n) is 8.10. The number of carbonyl (C=O) groups excluding carboxylic acids is 1. The Labute approximate surface area is 137 Å². The van der Waals surface area contributed by atoms with Gasteiger partial charge in [-0.25, -0.2) is 4.39 Å². The third kappa shape index (κ3) is 4.08. The number of aromatic nitrogens is 1. The number of ketones is 1. The molecule has 0 aliphatic carbocycles. The van der Waals surface area contributed by atoms with Gasteiger partial charge < -0.3 is 4.57 Å². The van der Waals surface area contributed by atoms with Crippen molar-refractivity contribution < 1.29 is 9.18 Å². The SMILES string of the molecule is CCCCN(C)CC(=O)c1cc(C)n(-c2ccc(F)cc2)c1C. The fourth-order valence-corrected chi connectivity index (χ4v) is 2.87. The number of rotatable bonds is 7. The van der Waals surface area contributed by atoms with Crippen molar-refractivity contribution in [3.05, 3.63) is 53.1 Å². The van der Waals surface area contributed by atoms with Gasteiger partial charge in [0.15, 0.2) is 5.78 Å². The molecule has 0 fully saturated rings. The molecule has 0 unspecified atom stereocenters.